The summed E-state index contributed by atoms with van der Waals surface area (Å²) >= 11 is 5.91. The van der Waals surface area contributed by atoms with Crippen LogP contribution in [0.2, 0.25) is 5.02 Å². The van der Waals surface area contributed by atoms with Gasteiger partial charge >= 0.3 is 0 Å². The van der Waals surface area contributed by atoms with E-state index in [9.17, 15) is 23.3 Å². The van der Waals surface area contributed by atoms with Gasteiger partial charge in [0, 0.05) is 35.4 Å². The van der Waals surface area contributed by atoms with Crippen molar-refractivity contribution in [1.29, 1.82) is 5.26 Å². The molecule has 4 rings (SSSR count). The molecule has 0 aliphatic carbocycles. The third-order valence-electron chi connectivity index (χ3n) is 5.23. The molecule has 0 bridgehead atoms. The van der Waals surface area contributed by atoms with Crippen molar-refractivity contribution in [3.8, 4) is 17.3 Å². The summed E-state index contributed by atoms with van der Waals surface area (Å²) < 4.78 is 33.5. The molecule has 2 aromatic carbocycles. The zero-order chi connectivity index (χ0) is 25.0. The minimum absolute atomic E-state index is 0.0645. The van der Waals surface area contributed by atoms with Crippen molar-refractivity contribution in [1.82, 2.24) is 14.1 Å². The van der Waals surface area contributed by atoms with E-state index in [0.29, 0.717) is 16.3 Å². The lowest BCUT2D eigenvalue weighted by atomic mass is 10.1. The maximum atomic E-state index is 13.0. The Hall–Kier alpha value is -3.56. The monoisotopic (exact) mass is 513 g/mol. The number of aromatic nitrogens is 2. The number of amides is 1. The lowest BCUT2D eigenvalue weighted by molar-refractivity contribution is -0.117. The fourth-order valence-electron chi connectivity index (χ4n) is 3.49. The molecule has 12 heteroatoms. The molecule has 0 saturated carbocycles. The standard InChI is InChI=1S/C23H20ClN5O5S/c24-18-3-1-17(2-4-18)21-5-6-23(31)29(27-21)15-22(30)26-19-11-16(14-25)12-20(13-19)35(32,33)28-7-9-34-10-8-28/h1-6,11-13H,7-10,15H2,(H,26,30). The second-order valence-corrected chi connectivity index (χ2v) is 10.0. The molecule has 180 valence electrons. The molecule has 3 aromatic rings. The van der Waals surface area contributed by atoms with Crippen LogP contribution in [0.25, 0.3) is 11.3 Å². The van der Waals surface area contributed by atoms with Crippen molar-refractivity contribution in [3.63, 3.8) is 0 Å². The topological polar surface area (TPSA) is 134 Å². The van der Waals surface area contributed by atoms with Crippen molar-refractivity contribution in [2.75, 3.05) is 31.6 Å². The fourth-order valence-corrected chi connectivity index (χ4v) is 5.10. The number of hydrogen-bond acceptors (Lipinski definition) is 7. The number of hydrogen-bond donors (Lipinski definition) is 1. The number of sulfonamides is 1. The Kier molecular flexibility index (Phi) is 7.28. The SMILES string of the molecule is N#Cc1cc(NC(=O)Cn2nc(-c3ccc(Cl)cc3)ccc2=O)cc(S(=O)(=O)N2CCOCC2)c1. The van der Waals surface area contributed by atoms with Gasteiger partial charge < -0.3 is 10.1 Å². The maximum Gasteiger partial charge on any atom is 0.267 e. The predicted octanol–water partition coefficient (Wildman–Crippen LogP) is 2.09. The Morgan fingerprint density at radius 3 is 2.51 bits per heavy atom. The summed E-state index contributed by atoms with van der Waals surface area (Å²) in [6.07, 6.45) is 0. The molecule has 1 N–H and O–H groups in total. The molecule has 0 spiro atoms. The predicted molar refractivity (Wildman–Crippen MR) is 128 cm³/mol. The first-order valence-electron chi connectivity index (χ1n) is 10.5. The van der Waals surface area contributed by atoms with E-state index in [1.807, 2.05) is 6.07 Å². The van der Waals surface area contributed by atoms with Gasteiger partial charge in [0.2, 0.25) is 15.9 Å². The van der Waals surface area contributed by atoms with Crippen LogP contribution in [-0.4, -0.2) is 54.7 Å². The highest BCUT2D eigenvalue weighted by Gasteiger charge is 2.27. The van der Waals surface area contributed by atoms with Gasteiger partial charge in [-0.1, -0.05) is 23.7 Å². The Balaban J connectivity index is 1.56. The van der Waals surface area contributed by atoms with Gasteiger partial charge in [-0.15, -0.1) is 0 Å². The van der Waals surface area contributed by atoms with Gasteiger partial charge in [0.25, 0.3) is 5.56 Å². The van der Waals surface area contributed by atoms with Gasteiger partial charge in [-0.25, -0.2) is 13.1 Å². The maximum absolute atomic E-state index is 13.0. The Bertz CT molecular complexity index is 1460. The van der Waals surface area contributed by atoms with Gasteiger partial charge in [0.1, 0.15) is 6.54 Å². The molecule has 0 atom stereocenters. The average molecular weight is 514 g/mol. The summed E-state index contributed by atoms with van der Waals surface area (Å²) in [5.74, 6) is -0.613. The molecular weight excluding hydrogens is 494 g/mol. The summed E-state index contributed by atoms with van der Waals surface area (Å²) in [6.45, 7) is 0.524. The van der Waals surface area contributed by atoms with Crippen molar-refractivity contribution in [2.24, 2.45) is 0 Å². The van der Waals surface area contributed by atoms with E-state index in [-0.39, 0.29) is 42.4 Å². The molecule has 1 saturated heterocycles. The van der Waals surface area contributed by atoms with Crippen molar-refractivity contribution in [2.45, 2.75) is 11.4 Å². The quantitative estimate of drug-likeness (QED) is 0.533. The molecule has 1 amide bonds. The fraction of sp³-hybridized carbons (Fsp3) is 0.217. The van der Waals surface area contributed by atoms with E-state index in [1.54, 1.807) is 30.3 Å². The van der Waals surface area contributed by atoms with Crippen LogP contribution in [0.15, 0.2) is 64.3 Å². The number of nitrogens with one attached hydrogen (secondary N) is 1. The van der Waals surface area contributed by atoms with Crippen LogP contribution in [0.4, 0.5) is 5.69 Å². The van der Waals surface area contributed by atoms with E-state index in [2.05, 4.69) is 10.4 Å². The molecule has 1 aromatic heterocycles. The Morgan fingerprint density at radius 2 is 1.83 bits per heavy atom. The lowest BCUT2D eigenvalue weighted by Gasteiger charge is -2.26. The molecule has 0 radical (unpaired) electrons. The van der Waals surface area contributed by atoms with Gasteiger partial charge in [-0.3, -0.25) is 9.59 Å². The van der Waals surface area contributed by atoms with Crippen LogP contribution in [0.3, 0.4) is 0 Å². The number of nitriles is 1. The second kappa shape index (κ2) is 10.4. The van der Waals surface area contributed by atoms with Crippen LogP contribution in [0.5, 0.6) is 0 Å². The number of halogens is 1. The number of ether oxygens (including phenoxy) is 1. The number of rotatable bonds is 6. The van der Waals surface area contributed by atoms with Gasteiger partial charge in [0.05, 0.1) is 35.4 Å². The summed E-state index contributed by atoms with van der Waals surface area (Å²) in [5.41, 5.74) is 0.874. The summed E-state index contributed by atoms with van der Waals surface area (Å²) in [4.78, 5) is 24.9. The Morgan fingerprint density at radius 1 is 1.11 bits per heavy atom. The zero-order valence-electron chi connectivity index (χ0n) is 18.3. The molecule has 1 fully saturated rings. The minimum Gasteiger partial charge on any atom is -0.379 e. The number of morpholine rings is 1. The minimum atomic E-state index is -3.88. The molecule has 10 nitrogen and oxygen atoms in total. The summed E-state index contributed by atoms with van der Waals surface area (Å²) in [7, 11) is -3.88. The van der Waals surface area contributed by atoms with E-state index < -0.39 is 28.0 Å². The van der Waals surface area contributed by atoms with E-state index in [1.165, 1.54) is 28.6 Å². The highest BCUT2D eigenvalue weighted by atomic mass is 35.5. The third-order valence-corrected chi connectivity index (χ3v) is 7.36. The largest absolute Gasteiger partial charge is 0.379 e. The normalized spacial score (nSPS) is 14.3. The van der Waals surface area contributed by atoms with Crippen LogP contribution in [0, 0.1) is 11.3 Å². The lowest BCUT2D eigenvalue weighted by Crippen LogP contribution is -2.40. The smallest absolute Gasteiger partial charge is 0.267 e. The molecule has 1 aliphatic heterocycles. The average Bonchev–Trinajstić information content (AvgIpc) is 2.86. The zero-order valence-corrected chi connectivity index (χ0v) is 19.9. The second-order valence-electron chi connectivity index (χ2n) is 7.64. The van der Waals surface area contributed by atoms with E-state index in [4.69, 9.17) is 16.3 Å². The highest BCUT2D eigenvalue weighted by molar-refractivity contribution is 7.89. The van der Waals surface area contributed by atoms with Crippen LogP contribution in [-0.2, 0) is 26.1 Å². The molecule has 35 heavy (non-hydrogen) atoms. The van der Waals surface area contributed by atoms with Crippen molar-refractivity contribution in [3.05, 3.63) is 75.5 Å². The first kappa shape index (κ1) is 24.6. The first-order valence-corrected chi connectivity index (χ1v) is 12.3. The Labute approximate surface area is 206 Å². The number of nitrogens with zero attached hydrogens (tertiary/aromatic N) is 4. The van der Waals surface area contributed by atoms with E-state index in [0.717, 1.165) is 4.68 Å². The van der Waals surface area contributed by atoms with E-state index >= 15 is 0 Å². The van der Waals surface area contributed by atoms with Gasteiger partial charge in [-0.2, -0.15) is 14.7 Å². The van der Waals surface area contributed by atoms with Crippen LogP contribution >= 0.6 is 11.6 Å². The molecule has 2 heterocycles. The molecule has 1 aliphatic rings. The third kappa shape index (κ3) is 5.75. The first-order chi connectivity index (χ1) is 16.8. The van der Waals surface area contributed by atoms with Gasteiger partial charge in [0.15, 0.2) is 0 Å². The summed E-state index contributed by atoms with van der Waals surface area (Å²) in [6, 6.07) is 15.5. The molecule has 0 unspecified atom stereocenters. The van der Waals surface area contributed by atoms with Crippen LogP contribution in [0.1, 0.15) is 5.56 Å². The number of carbonyl (C=O) groups is 1. The van der Waals surface area contributed by atoms with Crippen LogP contribution < -0.4 is 10.9 Å². The van der Waals surface area contributed by atoms with Gasteiger partial charge in [-0.05, 0) is 36.4 Å². The molecular formula is C23H20ClN5O5S. The summed E-state index contributed by atoms with van der Waals surface area (Å²) in [5, 5.41) is 16.7. The highest BCUT2D eigenvalue weighted by Crippen LogP contribution is 2.23. The van der Waals surface area contributed by atoms with Crippen molar-refractivity contribution < 1.29 is 17.9 Å². The van der Waals surface area contributed by atoms with Crippen molar-refractivity contribution >= 4 is 33.2 Å². The number of anilines is 1. The number of benzene rings is 2. The number of carbonyl (C=O) groups excluding carboxylic acids is 1.